The van der Waals surface area contributed by atoms with Gasteiger partial charge in [-0.3, -0.25) is 9.59 Å². The van der Waals surface area contributed by atoms with Crippen LogP contribution in [0.25, 0.3) is 0 Å². The number of rotatable bonds is 7. The van der Waals surface area contributed by atoms with E-state index in [1.807, 2.05) is 43.0 Å². The molecular weight excluding hydrogens is 451 g/mol. The number of nitrogens with zero attached hydrogens (tertiary/aromatic N) is 1. The molecule has 1 amide bonds. The molecule has 0 spiro atoms. The lowest BCUT2D eigenvalue weighted by Crippen LogP contribution is -2.42. The van der Waals surface area contributed by atoms with Crippen molar-refractivity contribution in [2.45, 2.75) is 51.6 Å². The highest BCUT2D eigenvalue weighted by Crippen LogP contribution is 2.32. The monoisotopic (exact) mass is 479 g/mol. The van der Waals surface area contributed by atoms with E-state index in [2.05, 4.69) is 0 Å². The fourth-order valence-corrected chi connectivity index (χ4v) is 4.55. The van der Waals surface area contributed by atoms with E-state index in [9.17, 15) is 22.8 Å². The zero-order valence-electron chi connectivity index (χ0n) is 18.9. The highest BCUT2D eigenvalue weighted by molar-refractivity contribution is 6.30. The van der Waals surface area contributed by atoms with Gasteiger partial charge in [0, 0.05) is 36.0 Å². The number of amides is 1. The van der Waals surface area contributed by atoms with Gasteiger partial charge in [0.05, 0.1) is 5.56 Å². The van der Waals surface area contributed by atoms with Crippen LogP contribution in [0.4, 0.5) is 13.2 Å². The zero-order chi connectivity index (χ0) is 24.2. The van der Waals surface area contributed by atoms with Crippen LogP contribution >= 0.6 is 11.6 Å². The molecule has 0 radical (unpaired) electrons. The SMILES string of the molecule is CC(C)C(CCC(=O)c1ccc(C(F)(F)F)cc1)C(=O)N1CCC(c2ccc(Cl)cc2)CC1. The molecule has 1 saturated heterocycles. The van der Waals surface area contributed by atoms with E-state index in [0.717, 1.165) is 25.0 Å². The summed E-state index contributed by atoms with van der Waals surface area (Å²) < 4.78 is 38.2. The highest BCUT2D eigenvalue weighted by atomic mass is 35.5. The summed E-state index contributed by atoms with van der Waals surface area (Å²) in [5, 5.41) is 0.706. The first kappa shape index (κ1) is 25.3. The molecule has 2 aromatic carbocycles. The Morgan fingerprint density at radius 3 is 2.09 bits per heavy atom. The molecule has 3 nitrogen and oxygen atoms in total. The number of Topliss-reactive ketones (excluding diaryl/α,β-unsaturated/α-hetero) is 1. The molecule has 1 heterocycles. The maximum Gasteiger partial charge on any atom is 0.416 e. The number of halogens is 4. The predicted octanol–water partition coefficient (Wildman–Crippen LogP) is 7.00. The lowest BCUT2D eigenvalue weighted by molar-refractivity contribution is -0.138. The van der Waals surface area contributed by atoms with Crippen molar-refractivity contribution >= 4 is 23.3 Å². The zero-order valence-corrected chi connectivity index (χ0v) is 19.6. The van der Waals surface area contributed by atoms with E-state index in [4.69, 9.17) is 11.6 Å². The average molecular weight is 480 g/mol. The van der Waals surface area contributed by atoms with Crippen LogP contribution < -0.4 is 0 Å². The van der Waals surface area contributed by atoms with Crippen molar-refractivity contribution in [2.24, 2.45) is 11.8 Å². The van der Waals surface area contributed by atoms with E-state index in [1.165, 1.54) is 17.7 Å². The van der Waals surface area contributed by atoms with Gasteiger partial charge in [0.25, 0.3) is 0 Å². The van der Waals surface area contributed by atoms with Crippen LogP contribution in [-0.2, 0) is 11.0 Å². The van der Waals surface area contributed by atoms with Crippen LogP contribution in [-0.4, -0.2) is 29.7 Å². The molecule has 0 N–H and O–H groups in total. The summed E-state index contributed by atoms with van der Waals surface area (Å²) in [7, 11) is 0. The van der Waals surface area contributed by atoms with Gasteiger partial charge in [-0.2, -0.15) is 13.2 Å². The van der Waals surface area contributed by atoms with Crippen molar-refractivity contribution in [1.29, 1.82) is 0 Å². The molecular formula is C26H29ClF3NO2. The van der Waals surface area contributed by atoms with E-state index in [0.29, 0.717) is 30.5 Å². The number of benzene rings is 2. The van der Waals surface area contributed by atoms with Gasteiger partial charge in [0.15, 0.2) is 5.78 Å². The summed E-state index contributed by atoms with van der Waals surface area (Å²) in [6.45, 7) is 5.27. The van der Waals surface area contributed by atoms with Crippen LogP contribution in [0.15, 0.2) is 48.5 Å². The van der Waals surface area contributed by atoms with Gasteiger partial charge in [-0.25, -0.2) is 0 Å². The summed E-state index contributed by atoms with van der Waals surface area (Å²) in [4.78, 5) is 27.6. The van der Waals surface area contributed by atoms with Crippen LogP contribution in [0.1, 0.15) is 66.9 Å². The van der Waals surface area contributed by atoms with Crippen LogP contribution in [0, 0.1) is 11.8 Å². The number of alkyl halides is 3. The minimum absolute atomic E-state index is 0.0553. The summed E-state index contributed by atoms with van der Waals surface area (Å²) in [5.74, 6) is -0.0316. The Morgan fingerprint density at radius 1 is 1.00 bits per heavy atom. The highest BCUT2D eigenvalue weighted by Gasteiger charge is 2.32. The van der Waals surface area contributed by atoms with Crippen molar-refractivity contribution in [2.75, 3.05) is 13.1 Å². The quantitative estimate of drug-likeness (QED) is 0.401. The van der Waals surface area contributed by atoms with Crippen molar-refractivity contribution in [1.82, 2.24) is 4.90 Å². The Bertz CT molecular complexity index is 947. The molecule has 1 fully saturated rings. The topological polar surface area (TPSA) is 37.4 Å². The Morgan fingerprint density at radius 2 is 1.58 bits per heavy atom. The molecule has 1 aliphatic rings. The first-order chi connectivity index (χ1) is 15.6. The summed E-state index contributed by atoms with van der Waals surface area (Å²) >= 11 is 5.97. The molecule has 0 bridgehead atoms. The van der Waals surface area contributed by atoms with E-state index < -0.39 is 11.7 Å². The van der Waals surface area contributed by atoms with Crippen molar-refractivity contribution in [3.8, 4) is 0 Å². The third-order valence-electron chi connectivity index (χ3n) is 6.49. The van der Waals surface area contributed by atoms with E-state index in [-0.39, 0.29) is 35.5 Å². The lowest BCUT2D eigenvalue weighted by atomic mass is 9.85. The maximum absolute atomic E-state index is 13.2. The molecule has 3 rings (SSSR count). The Labute approximate surface area is 197 Å². The number of hydrogen-bond acceptors (Lipinski definition) is 2. The largest absolute Gasteiger partial charge is 0.416 e. The first-order valence-electron chi connectivity index (χ1n) is 11.3. The second-order valence-corrected chi connectivity index (χ2v) is 9.48. The number of carbonyl (C=O) groups is 2. The maximum atomic E-state index is 13.2. The fraction of sp³-hybridized carbons (Fsp3) is 0.462. The molecule has 1 aliphatic heterocycles. The van der Waals surface area contributed by atoms with Crippen molar-refractivity contribution < 1.29 is 22.8 Å². The smallest absolute Gasteiger partial charge is 0.342 e. The third kappa shape index (κ3) is 6.59. The molecule has 0 aliphatic carbocycles. The minimum atomic E-state index is -4.43. The molecule has 178 valence electrons. The Balaban J connectivity index is 1.56. The lowest BCUT2D eigenvalue weighted by Gasteiger charge is -2.35. The number of piperidine rings is 1. The second-order valence-electron chi connectivity index (χ2n) is 9.04. The molecule has 1 unspecified atom stereocenters. The minimum Gasteiger partial charge on any atom is -0.342 e. The standard InChI is InChI=1S/C26H29ClF3NO2/c1-17(2)23(11-12-24(32)20-3-7-21(8-4-20)26(28,29)30)25(33)31-15-13-19(14-16-31)18-5-9-22(27)10-6-18/h3-10,17,19,23H,11-16H2,1-2H3. The van der Waals surface area contributed by atoms with Crippen LogP contribution in [0.5, 0.6) is 0 Å². The van der Waals surface area contributed by atoms with Gasteiger partial charge in [-0.15, -0.1) is 0 Å². The molecule has 0 aromatic heterocycles. The van der Waals surface area contributed by atoms with Gasteiger partial charge in [-0.1, -0.05) is 49.7 Å². The molecule has 1 atom stereocenters. The average Bonchev–Trinajstić information content (AvgIpc) is 2.79. The Hall–Kier alpha value is -2.34. The number of carbonyl (C=O) groups excluding carboxylic acids is 2. The third-order valence-corrected chi connectivity index (χ3v) is 6.74. The molecule has 33 heavy (non-hydrogen) atoms. The Kier molecular flexibility index (Phi) is 8.22. The number of hydrogen-bond donors (Lipinski definition) is 0. The van der Waals surface area contributed by atoms with Crippen molar-refractivity contribution in [3.05, 3.63) is 70.2 Å². The first-order valence-corrected chi connectivity index (χ1v) is 11.7. The van der Waals surface area contributed by atoms with E-state index in [1.54, 1.807) is 0 Å². The van der Waals surface area contributed by atoms with Gasteiger partial charge in [0.2, 0.25) is 5.91 Å². The molecule has 7 heteroatoms. The van der Waals surface area contributed by atoms with Crippen molar-refractivity contribution in [3.63, 3.8) is 0 Å². The van der Waals surface area contributed by atoms with Gasteiger partial charge in [-0.05, 0) is 60.9 Å². The van der Waals surface area contributed by atoms with Gasteiger partial charge < -0.3 is 4.90 Å². The van der Waals surface area contributed by atoms with Crippen LogP contribution in [0.3, 0.4) is 0 Å². The molecule has 0 saturated carbocycles. The van der Waals surface area contributed by atoms with E-state index >= 15 is 0 Å². The van der Waals surface area contributed by atoms with Gasteiger partial charge in [0.1, 0.15) is 0 Å². The second kappa shape index (κ2) is 10.7. The normalized spacial score (nSPS) is 16.2. The fourth-order valence-electron chi connectivity index (χ4n) is 4.42. The summed E-state index contributed by atoms with van der Waals surface area (Å²) in [5.41, 5.74) is 0.687. The summed E-state index contributed by atoms with van der Waals surface area (Å²) in [6.07, 6.45) is -2.17. The molecule has 2 aromatic rings. The predicted molar refractivity (Wildman–Crippen MR) is 123 cm³/mol. The number of likely N-dealkylation sites (tertiary alicyclic amines) is 1. The number of ketones is 1. The van der Waals surface area contributed by atoms with Crippen LogP contribution in [0.2, 0.25) is 5.02 Å². The van der Waals surface area contributed by atoms with Gasteiger partial charge >= 0.3 is 6.18 Å². The summed E-state index contributed by atoms with van der Waals surface area (Å²) in [6, 6.07) is 12.1.